The minimum Gasteiger partial charge on any atom is -0.493 e. The van der Waals surface area contributed by atoms with Crippen molar-refractivity contribution in [2.75, 3.05) is 59.1 Å². The molecule has 36 heavy (non-hydrogen) atoms. The number of ether oxygens (including phenoxy) is 5. The number of halogens is 1. The van der Waals surface area contributed by atoms with Gasteiger partial charge in [-0.3, -0.25) is 5.10 Å². The molecule has 1 aliphatic carbocycles. The van der Waals surface area contributed by atoms with Crippen LogP contribution in [-0.2, 0) is 20.6 Å². The summed E-state index contributed by atoms with van der Waals surface area (Å²) < 4.78 is 28.0. The molecule has 1 aliphatic rings. The molecular weight excluding hydrogens is 532 g/mol. The Hall–Kier alpha value is -3.28. The van der Waals surface area contributed by atoms with Crippen molar-refractivity contribution in [2.24, 2.45) is 0 Å². The van der Waals surface area contributed by atoms with Crippen molar-refractivity contribution in [1.29, 1.82) is 0 Å². The predicted molar refractivity (Wildman–Crippen MR) is 138 cm³/mol. The Bertz CT molecular complexity index is 1190. The van der Waals surface area contributed by atoms with E-state index in [1.807, 2.05) is 36.4 Å². The van der Waals surface area contributed by atoms with Gasteiger partial charge in [-0.1, -0.05) is 22.0 Å². The van der Waals surface area contributed by atoms with E-state index in [0.29, 0.717) is 51.1 Å². The lowest BCUT2D eigenvalue weighted by Gasteiger charge is -2.13. The first-order chi connectivity index (χ1) is 17.6. The standard InChI is InChI=1S/C25H29BrN4O6/c1-32-21-13-16-12-20-23(29-30-24(20)28-18-5-3-4-17(26)14-18)19(16)15-22(21)36-11-10-35-9-8-34-7-6-27-25(31)33-2/h3-5,13-15H,6-12H2,1-2H3,(H,27,31)(H2,28,29,30). The summed E-state index contributed by atoms with van der Waals surface area (Å²) in [6.07, 6.45) is 0.266. The van der Waals surface area contributed by atoms with E-state index in [2.05, 4.69) is 41.5 Å². The number of hydrogen-bond donors (Lipinski definition) is 3. The second kappa shape index (κ2) is 12.6. The van der Waals surface area contributed by atoms with Crippen molar-refractivity contribution in [3.8, 4) is 22.8 Å². The van der Waals surface area contributed by atoms with Crippen molar-refractivity contribution in [2.45, 2.75) is 6.42 Å². The Morgan fingerprint density at radius 2 is 1.86 bits per heavy atom. The highest BCUT2D eigenvalue weighted by molar-refractivity contribution is 9.10. The van der Waals surface area contributed by atoms with Gasteiger partial charge in [0.25, 0.3) is 0 Å². The second-order valence-electron chi connectivity index (χ2n) is 7.89. The summed E-state index contributed by atoms with van der Waals surface area (Å²) in [5.74, 6) is 2.13. The topological polar surface area (TPSA) is 116 Å². The molecule has 0 saturated carbocycles. The smallest absolute Gasteiger partial charge is 0.406 e. The first-order valence-electron chi connectivity index (χ1n) is 11.5. The van der Waals surface area contributed by atoms with Gasteiger partial charge in [0.05, 0.1) is 46.3 Å². The van der Waals surface area contributed by atoms with E-state index < -0.39 is 6.09 Å². The normalized spacial score (nSPS) is 11.5. The quantitative estimate of drug-likeness (QED) is 0.208. The molecule has 2 aromatic carbocycles. The van der Waals surface area contributed by atoms with Crippen molar-refractivity contribution >= 4 is 33.5 Å². The van der Waals surface area contributed by atoms with Crippen LogP contribution in [0.4, 0.5) is 16.3 Å². The summed E-state index contributed by atoms with van der Waals surface area (Å²) >= 11 is 3.50. The van der Waals surface area contributed by atoms with Gasteiger partial charge in [-0.2, -0.15) is 5.10 Å². The third-order valence-electron chi connectivity index (χ3n) is 5.54. The van der Waals surface area contributed by atoms with E-state index in [9.17, 15) is 4.79 Å². The number of carbonyl (C=O) groups is 1. The maximum Gasteiger partial charge on any atom is 0.406 e. The van der Waals surface area contributed by atoms with Crippen LogP contribution >= 0.6 is 15.9 Å². The number of benzene rings is 2. The summed E-state index contributed by atoms with van der Waals surface area (Å²) in [5.41, 5.74) is 5.24. The van der Waals surface area contributed by atoms with Crippen LogP contribution in [0, 0.1) is 0 Å². The van der Waals surface area contributed by atoms with Crippen molar-refractivity contribution < 1.29 is 28.5 Å². The number of nitrogens with zero attached hydrogens (tertiary/aromatic N) is 1. The Morgan fingerprint density at radius 1 is 1.06 bits per heavy atom. The molecule has 3 N–H and O–H groups in total. The van der Waals surface area contributed by atoms with Crippen LogP contribution in [-0.4, -0.2) is 70.1 Å². The van der Waals surface area contributed by atoms with Crippen LogP contribution in [0.2, 0.25) is 0 Å². The number of aromatic nitrogens is 2. The largest absolute Gasteiger partial charge is 0.493 e. The lowest BCUT2D eigenvalue weighted by Crippen LogP contribution is -2.27. The number of hydrogen-bond acceptors (Lipinski definition) is 8. The highest BCUT2D eigenvalue weighted by Gasteiger charge is 2.27. The van der Waals surface area contributed by atoms with Crippen molar-refractivity contribution in [3.05, 3.63) is 52.0 Å². The Labute approximate surface area is 217 Å². The van der Waals surface area contributed by atoms with Gasteiger partial charge in [0.1, 0.15) is 6.61 Å². The number of nitrogens with one attached hydrogen (secondary N) is 3. The van der Waals surface area contributed by atoms with Gasteiger partial charge in [-0.15, -0.1) is 0 Å². The molecule has 0 fully saturated rings. The number of anilines is 2. The number of carbonyl (C=O) groups excluding carboxylic acids is 1. The van der Waals surface area contributed by atoms with Gasteiger partial charge < -0.3 is 34.3 Å². The number of H-pyrrole nitrogens is 1. The molecule has 192 valence electrons. The monoisotopic (exact) mass is 560 g/mol. The zero-order valence-electron chi connectivity index (χ0n) is 20.2. The molecule has 0 aliphatic heterocycles. The molecule has 4 rings (SSSR count). The highest BCUT2D eigenvalue weighted by Crippen LogP contribution is 2.44. The summed E-state index contributed by atoms with van der Waals surface area (Å²) in [5, 5.41) is 13.6. The van der Waals surface area contributed by atoms with Crippen LogP contribution in [0.1, 0.15) is 11.1 Å². The molecule has 0 atom stereocenters. The summed E-state index contributed by atoms with van der Waals surface area (Å²) in [6.45, 7) is 2.38. The van der Waals surface area contributed by atoms with Crippen LogP contribution in [0.15, 0.2) is 40.9 Å². The molecule has 1 aromatic heterocycles. The fraction of sp³-hybridized carbons (Fsp3) is 0.360. The first kappa shape index (κ1) is 25.8. The molecule has 0 radical (unpaired) electrons. The molecule has 0 saturated heterocycles. The Morgan fingerprint density at radius 3 is 2.64 bits per heavy atom. The minimum absolute atomic E-state index is 0.366. The number of fused-ring (bicyclic) bond motifs is 3. The minimum atomic E-state index is -0.476. The van der Waals surface area contributed by atoms with E-state index in [-0.39, 0.29) is 0 Å². The second-order valence-corrected chi connectivity index (χ2v) is 8.81. The SMILES string of the molecule is COC(=O)NCCOCCOCCOc1cc2c(cc1OC)Cc1c(Nc3cccc(Br)c3)n[nH]c1-2. The number of amides is 1. The maximum absolute atomic E-state index is 10.9. The molecule has 1 amide bonds. The zero-order chi connectivity index (χ0) is 25.3. The van der Waals surface area contributed by atoms with Gasteiger partial charge in [-0.05, 0) is 35.9 Å². The lowest BCUT2D eigenvalue weighted by molar-refractivity contribution is 0.0369. The Kier molecular flexibility index (Phi) is 9.04. The van der Waals surface area contributed by atoms with Crippen molar-refractivity contribution in [3.63, 3.8) is 0 Å². The van der Waals surface area contributed by atoms with Gasteiger partial charge >= 0.3 is 6.09 Å². The summed E-state index contributed by atoms with van der Waals surface area (Å²) in [6, 6.07) is 12.0. The van der Waals surface area contributed by atoms with Crippen LogP contribution in [0.5, 0.6) is 11.5 Å². The van der Waals surface area contributed by atoms with Crippen LogP contribution < -0.4 is 20.1 Å². The third kappa shape index (κ3) is 6.48. The molecule has 0 spiro atoms. The molecule has 11 heteroatoms. The maximum atomic E-state index is 10.9. The Balaban J connectivity index is 1.27. The summed E-state index contributed by atoms with van der Waals surface area (Å²) in [7, 11) is 2.95. The highest BCUT2D eigenvalue weighted by atomic mass is 79.9. The van der Waals surface area contributed by atoms with E-state index in [1.54, 1.807) is 7.11 Å². The lowest BCUT2D eigenvalue weighted by atomic mass is 10.1. The van der Waals surface area contributed by atoms with E-state index in [4.69, 9.17) is 18.9 Å². The zero-order valence-corrected chi connectivity index (χ0v) is 21.8. The van der Waals surface area contributed by atoms with Crippen molar-refractivity contribution in [1.82, 2.24) is 15.5 Å². The van der Waals surface area contributed by atoms with E-state index in [0.717, 1.165) is 44.8 Å². The van der Waals surface area contributed by atoms with Crippen LogP contribution in [0.25, 0.3) is 11.3 Å². The average molecular weight is 561 g/mol. The molecule has 10 nitrogen and oxygen atoms in total. The van der Waals surface area contributed by atoms with E-state index in [1.165, 1.54) is 7.11 Å². The van der Waals surface area contributed by atoms with Crippen LogP contribution in [0.3, 0.4) is 0 Å². The number of rotatable bonds is 13. The molecule has 0 unspecified atom stereocenters. The number of aromatic amines is 1. The predicted octanol–water partition coefficient (Wildman–Crippen LogP) is 4.26. The number of alkyl carbamates (subject to hydrolysis) is 1. The molecule has 3 aromatic rings. The molecule has 0 bridgehead atoms. The number of methoxy groups -OCH3 is 2. The van der Waals surface area contributed by atoms with E-state index >= 15 is 0 Å². The summed E-state index contributed by atoms with van der Waals surface area (Å²) in [4.78, 5) is 10.9. The van der Waals surface area contributed by atoms with Gasteiger partial charge in [0, 0.05) is 34.3 Å². The first-order valence-corrected chi connectivity index (χ1v) is 12.3. The van der Waals surface area contributed by atoms with Gasteiger partial charge in [0.15, 0.2) is 17.3 Å². The van der Waals surface area contributed by atoms with Gasteiger partial charge in [-0.25, -0.2) is 4.79 Å². The fourth-order valence-corrected chi connectivity index (χ4v) is 4.24. The molecule has 1 heterocycles. The van der Waals surface area contributed by atoms with Gasteiger partial charge in [0.2, 0.25) is 0 Å². The third-order valence-corrected chi connectivity index (χ3v) is 6.03. The molecular formula is C25H29BrN4O6. The fourth-order valence-electron chi connectivity index (χ4n) is 3.84. The average Bonchev–Trinajstić information content (AvgIpc) is 3.43.